The van der Waals surface area contributed by atoms with E-state index >= 15 is 0 Å². The summed E-state index contributed by atoms with van der Waals surface area (Å²) in [5.41, 5.74) is 3.09. The van der Waals surface area contributed by atoms with E-state index in [1.54, 1.807) is 24.3 Å². The summed E-state index contributed by atoms with van der Waals surface area (Å²) in [6.45, 7) is -0.135. The van der Waals surface area contributed by atoms with Crippen molar-refractivity contribution in [2.24, 2.45) is 0 Å². The maximum atomic E-state index is 12.5. The molecule has 2 aromatic carbocycles. The number of rotatable bonds is 6. The molecule has 1 heterocycles. The van der Waals surface area contributed by atoms with Crippen molar-refractivity contribution < 1.29 is 18.7 Å². The van der Waals surface area contributed by atoms with Gasteiger partial charge < -0.3 is 19.8 Å². The Morgan fingerprint density at radius 3 is 2.77 bits per heavy atom. The lowest BCUT2D eigenvalue weighted by atomic mass is 9.96. The topological polar surface area (TPSA) is 80.6 Å². The lowest BCUT2D eigenvalue weighted by molar-refractivity contribution is -0.118. The van der Waals surface area contributed by atoms with E-state index in [9.17, 15) is 9.59 Å². The fraction of sp³-hybridized carbons (Fsp3) is 0.333. The Hall–Kier alpha value is -3.28. The van der Waals surface area contributed by atoms with Crippen LogP contribution in [0.4, 0.5) is 5.69 Å². The summed E-state index contributed by atoms with van der Waals surface area (Å²) in [6, 6.07) is 12.9. The number of hydrogen-bond acceptors (Lipinski definition) is 4. The average Bonchev–Trinajstić information content (AvgIpc) is 3.50. The summed E-state index contributed by atoms with van der Waals surface area (Å²) in [4.78, 5) is 24.8. The molecule has 0 radical (unpaired) electrons. The lowest BCUT2D eigenvalue weighted by Crippen LogP contribution is -2.27. The molecule has 0 unspecified atom stereocenters. The van der Waals surface area contributed by atoms with Gasteiger partial charge in [0.05, 0.1) is 11.3 Å². The number of fused-ring (bicyclic) bond motifs is 3. The first-order valence-electron chi connectivity index (χ1n) is 10.5. The first kappa shape index (κ1) is 18.7. The molecule has 6 heteroatoms. The van der Waals surface area contributed by atoms with Gasteiger partial charge in [0.15, 0.2) is 6.61 Å². The highest BCUT2D eigenvalue weighted by Crippen LogP contribution is 2.34. The SMILES string of the molecule is O=C(COc1ccc2oc3c(c2c1)CCCC3)Nc1ccccc1C(=O)NC1CC1. The predicted octanol–water partition coefficient (Wildman–Crippen LogP) is 4.22. The second-order valence-corrected chi connectivity index (χ2v) is 8.00. The van der Waals surface area contributed by atoms with Crippen molar-refractivity contribution in [2.75, 3.05) is 11.9 Å². The maximum absolute atomic E-state index is 12.5. The molecule has 5 rings (SSSR count). The first-order chi connectivity index (χ1) is 14.7. The number of carbonyl (C=O) groups excluding carboxylic acids is 2. The second kappa shape index (κ2) is 7.86. The number of furan rings is 1. The van der Waals surface area contributed by atoms with Crippen LogP contribution in [0, 0.1) is 0 Å². The zero-order valence-corrected chi connectivity index (χ0v) is 16.7. The van der Waals surface area contributed by atoms with Crippen LogP contribution in [0.1, 0.15) is 47.4 Å². The fourth-order valence-electron chi connectivity index (χ4n) is 3.95. The van der Waals surface area contributed by atoms with E-state index in [0.29, 0.717) is 17.0 Å². The molecule has 2 aliphatic rings. The minimum absolute atomic E-state index is 0.135. The number of ether oxygens (including phenoxy) is 1. The molecule has 0 bridgehead atoms. The van der Waals surface area contributed by atoms with Gasteiger partial charge in [0.25, 0.3) is 11.8 Å². The summed E-state index contributed by atoms with van der Waals surface area (Å²) in [6.07, 6.45) is 6.36. The Morgan fingerprint density at radius 2 is 1.90 bits per heavy atom. The molecule has 154 valence electrons. The fourth-order valence-corrected chi connectivity index (χ4v) is 3.95. The quantitative estimate of drug-likeness (QED) is 0.645. The van der Waals surface area contributed by atoms with Gasteiger partial charge in [0.2, 0.25) is 0 Å². The molecule has 1 fully saturated rings. The third-order valence-electron chi connectivity index (χ3n) is 5.65. The van der Waals surface area contributed by atoms with Crippen molar-refractivity contribution in [1.82, 2.24) is 5.32 Å². The zero-order valence-electron chi connectivity index (χ0n) is 16.7. The number of nitrogens with one attached hydrogen (secondary N) is 2. The molecular formula is C24H24N2O4. The van der Waals surface area contributed by atoms with Crippen LogP contribution >= 0.6 is 0 Å². The third kappa shape index (κ3) is 3.90. The number of amides is 2. The van der Waals surface area contributed by atoms with Crippen molar-refractivity contribution in [2.45, 2.75) is 44.6 Å². The van der Waals surface area contributed by atoms with Crippen molar-refractivity contribution in [3.8, 4) is 5.75 Å². The maximum Gasteiger partial charge on any atom is 0.262 e. The van der Waals surface area contributed by atoms with Gasteiger partial charge in [-0.1, -0.05) is 12.1 Å². The molecule has 6 nitrogen and oxygen atoms in total. The van der Waals surface area contributed by atoms with Crippen LogP contribution in [0.2, 0.25) is 0 Å². The highest BCUT2D eigenvalue weighted by molar-refractivity contribution is 6.04. The molecule has 0 spiro atoms. The number of benzene rings is 2. The van der Waals surface area contributed by atoms with Gasteiger partial charge in [-0.25, -0.2) is 0 Å². The minimum atomic E-state index is -0.309. The molecular weight excluding hydrogens is 380 g/mol. The van der Waals surface area contributed by atoms with E-state index in [-0.39, 0.29) is 24.5 Å². The third-order valence-corrected chi connectivity index (χ3v) is 5.65. The van der Waals surface area contributed by atoms with E-state index < -0.39 is 0 Å². The van der Waals surface area contributed by atoms with Gasteiger partial charge in [-0.2, -0.15) is 0 Å². The predicted molar refractivity (Wildman–Crippen MR) is 114 cm³/mol. The van der Waals surface area contributed by atoms with Gasteiger partial charge in [-0.05, 0) is 62.4 Å². The van der Waals surface area contributed by atoms with Crippen molar-refractivity contribution >= 4 is 28.5 Å². The largest absolute Gasteiger partial charge is 0.484 e. The highest BCUT2D eigenvalue weighted by atomic mass is 16.5. The summed E-state index contributed by atoms with van der Waals surface area (Å²) >= 11 is 0. The normalized spacial score (nSPS) is 15.5. The van der Waals surface area contributed by atoms with Crippen LogP contribution in [0.25, 0.3) is 11.0 Å². The van der Waals surface area contributed by atoms with E-state index in [1.807, 2.05) is 18.2 Å². The van der Waals surface area contributed by atoms with E-state index in [4.69, 9.17) is 9.15 Å². The van der Waals surface area contributed by atoms with E-state index in [1.165, 1.54) is 12.0 Å². The Kier molecular flexibility index (Phi) is 4.91. The Morgan fingerprint density at radius 1 is 1.07 bits per heavy atom. The minimum Gasteiger partial charge on any atom is -0.484 e. The average molecular weight is 404 g/mol. The Bertz CT molecular complexity index is 1110. The molecule has 1 saturated carbocycles. The number of aryl methyl sites for hydroxylation is 2. The summed E-state index contributed by atoms with van der Waals surface area (Å²) in [7, 11) is 0. The summed E-state index contributed by atoms with van der Waals surface area (Å²) in [5.74, 6) is 1.24. The Balaban J connectivity index is 1.25. The van der Waals surface area contributed by atoms with Gasteiger partial charge in [-0.15, -0.1) is 0 Å². The lowest BCUT2D eigenvalue weighted by Gasteiger charge is -2.12. The molecule has 3 aromatic rings. The van der Waals surface area contributed by atoms with Crippen LogP contribution in [0.3, 0.4) is 0 Å². The van der Waals surface area contributed by atoms with Crippen LogP contribution in [0.5, 0.6) is 5.75 Å². The van der Waals surface area contributed by atoms with Crippen LogP contribution in [-0.2, 0) is 17.6 Å². The summed E-state index contributed by atoms with van der Waals surface area (Å²) < 4.78 is 11.7. The van der Waals surface area contributed by atoms with Gasteiger partial charge in [0, 0.05) is 23.4 Å². The molecule has 1 aromatic heterocycles. The van der Waals surface area contributed by atoms with Gasteiger partial charge in [0.1, 0.15) is 17.1 Å². The molecule has 0 atom stereocenters. The molecule has 0 aliphatic heterocycles. The number of carbonyl (C=O) groups is 2. The molecule has 30 heavy (non-hydrogen) atoms. The van der Waals surface area contributed by atoms with Crippen molar-refractivity contribution in [1.29, 1.82) is 0 Å². The first-order valence-corrected chi connectivity index (χ1v) is 10.5. The monoisotopic (exact) mass is 404 g/mol. The molecule has 2 aliphatic carbocycles. The number of para-hydroxylation sites is 1. The van der Waals surface area contributed by atoms with Gasteiger partial charge >= 0.3 is 0 Å². The molecule has 2 N–H and O–H groups in total. The summed E-state index contributed by atoms with van der Waals surface area (Å²) in [5, 5.41) is 6.82. The highest BCUT2D eigenvalue weighted by Gasteiger charge is 2.25. The number of hydrogen-bond donors (Lipinski definition) is 2. The molecule has 2 amide bonds. The standard InChI is InChI=1S/C24H24N2O4/c27-23(26-20-7-3-1-6-18(20)24(28)25-15-9-10-15)14-29-16-11-12-22-19(13-16)17-5-2-4-8-21(17)30-22/h1,3,6-7,11-13,15H,2,4-5,8-10,14H2,(H,25,28)(H,26,27). The second-order valence-electron chi connectivity index (χ2n) is 8.00. The molecule has 0 saturated heterocycles. The van der Waals surface area contributed by atoms with Crippen LogP contribution < -0.4 is 15.4 Å². The van der Waals surface area contributed by atoms with Crippen LogP contribution in [-0.4, -0.2) is 24.5 Å². The van der Waals surface area contributed by atoms with E-state index in [2.05, 4.69) is 10.6 Å². The smallest absolute Gasteiger partial charge is 0.262 e. The van der Waals surface area contributed by atoms with Crippen molar-refractivity contribution in [3.63, 3.8) is 0 Å². The van der Waals surface area contributed by atoms with Crippen LogP contribution in [0.15, 0.2) is 46.9 Å². The van der Waals surface area contributed by atoms with E-state index in [0.717, 1.165) is 48.8 Å². The number of anilines is 1. The van der Waals surface area contributed by atoms with Gasteiger partial charge in [-0.3, -0.25) is 9.59 Å². The zero-order chi connectivity index (χ0) is 20.5. The van der Waals surface area contributed by atoms with Crippen molar-refractivity contribution in [3.05, 3.63) is 59.4 Å². The Labute approximate surface area is 174 Å².